The van der Waals surface area contributed by atoms with Gasteiger partial charge in [0.15, 0.2) is 11.6 Å². The van der Waals surface area contributed by atoms with Crippen LogP contribution in [0.3, 0.4) is 0 Å². The summed E-state index contributed by atoms with van der Waals surface area (Å²) in [6, 6.07) is 13.5. The Balaban J connectivity index is 1.93. The largest absolute Gasteiger partial charge is 0.337 e. The standard InChI is InChI=1S/C20H17Cl2N5/c1-11-4-6-14(7-5-11)23-19-20(27-13(3)8-12(2)26-27)25-18-10-16(22)15(21)9-17(18)24-19/h4-10H,1-3H3,(H,23,24). The summed E-state index contributed by atoms with van der Waals surface area (Å²) in [6.07, 6.45) is 0. The van der Waals surface area contributed by atoms with E-state index in [-0.39, 0.29) is 0 Å². The zero-order chi connectivity index (χ0) is 19.1. The lowest BCUT2D eigenvalue weighted by molar-refractivity contribution is 0.808. The van der Waals surface area contributed by atoms with E-state index in [4.69, 9.17) is 33.2 Å². The molecule has 0 amide bonds. The number of anilines is 2. The van der Waals surface area contributed by atoms with Gasteiger partial charge in [0.25, 0.3) is 0 Å². The van der Waals surface area contributed by atoms with Gasteiger partial charge in [-0.3, -0.25) is 0 Å². The smallest absolute Gasteiger partial charge is 0.197 e. The minimum Gasteiger partial charge on any atom is -0.337 e. The molecule has 0 fully saturated rings. The van der Waals surface area contributed by atoms with Crippen LogP contribution in [-0.2, 0) is 0 Å². The van der Waals surface area contributed by atoms with Gasteiger partial charge in [-0.2, -0.15) is 5.10 Å². The monoisotopic (exact) mass is 397 g/mol. The molecule has 0 saturated carbocycles. The van der Waals surface area contributed by atoms with Crippen molar-refractivity contribution in [3.63, 3.8) is 0 Å². The highest BCUT2D eigenvalue weighted by Gasteiger charge is 2.16. The Labute approximate surface area is 167 Å². The number of fused-ring (bicyclic) bond motifs is 1. The average Bonchev–Trinajstić information content (AvgIpc) is 2.96. The molecule has 2 heterocycles. The minimum absolute atomic E-state index is 0.442. The Hall–Kier alpha value is -2.63. The Bertz CT molecular complexity index is 1150. The van der Waals surface area contributed by atoms with Crippen LogP contribution in [-0.4, -0.2) is 19.7 Å². The maximum atomic E-state index is 6.17. The number of benzene rings is 2. The molecule has 0 saturated heterocycles. The molecule has 27 heavy (non-hydrogen) atoms. The van der Waals surface area contributed by atoms with Gasteiger partial charge in [-0.05, 0) is 51.1 Å². The van der Waals surface area contributed by atoms with Gasteiger partial charge < -0.3 is 5.32 Å². The number of nitrogens with zero attached hydrogens (tertiary/aromatic N) is 4. The molecule has 0 radical (unpaired) electrons. The van der Waals surface area contributed by atoms with Crippen molar-refractivity contribution in [2.45, 2.75) is 20.8 Å². The number of nitrogens with one attached hydrogen (secondary N) is 1. The molecule has 4 rings (SSSR count). The van der Waals surface area contributed by atoms with Gasteiger partial charge in [0.2, 0.25) is 0 Å². The summed E-state index contributed by atoms with van der Waals surface area (Å²) in [6.45, 7) is 5.98. The van der Waals surface area contributed by atoms with Crippen LogP contribution in [0.2, 0.25) is 10.0 Å². The van der Waals surface area contributed by atoms with Crippen molar-refractivity contribution in [2.75, 3.05) is 5.32 Å². The molecule has 5 nitrogen and oxygen atoms in total. The first kappa shape index (κ1) is 17.8. The van der Waals surface area contributed by atoms with Crippen molar-refractivity contribution >= 4 is 45.7 Å². The number of aromatic nitrogens is 4. The van der Waals surface area contributed by atoms with Crippen molar-refractivity contribution in [1.29, 1.82) is 0 Å². The second-order valence-electron chi connectivity index (χ2n) is 6.48. The molecular weight excluding hydrogens is 381 g/mol. The number of halogens is 2. The van der Waals surface area contributed by atoms with Gasteiger partial charge in [0.05, 0.1) is 26.8 Å². The zero-order valence-electron chi connectivity index (χ0n) is 15.1. The Morgan fingerprint density at radius 3 is 2.07 bits per heavy atom. The van der Waals surface area contributed by atoms with E-state index in [0.29, 0.717) is 32.7 Å². The number of hydrogen-bond donors (Lipinski definition) is 1. The van der Waals surface area contributed by atoms with Crippen LogP contribution < -0.4 is 5.32 Å². The molecule has 2 aromatic heterocycles. The van der Waals surface area contributed by atoms with Crippen molar-refractivity contribution < 1.29 is 0 Å². The molecule has 0 bridgehead atoms. The third-order valence-electron chi connectivity index (χ3n) is 4.21. The van der Waals surface area contributed by atoms with Gasteiger partial charge >= 0.3 is 0 Å². The molecule has 0 atom stereocenters. The van der Waals surface area contributed by atoms with E-state index in [1.165, 1.54) is 5.56 Å². The normalized spacial score (nSPS) is 11.1. The van der Waals surface area contributed by atoms with E-state index in [1.807, 2.05) is 51.1 Å². The molecule has 0 aliphatic carbocycles. The van der Waals surface area contributed by atoms with Gasteiger partial charge in [-0.1, -0.05) is 40.9 Å². The molecule has 2 aromatic carbocycles. The van der Waals surface area contributed by atoms with Crippen LogP contribution in [0.1, 0.15) is 17.0 Å². The van der Waals surface area contributed by atoms with Crippen LogP contribution in [0.5, 0.6) is 0 Å². The van der Waals surface area contributed by atoms with Crippen molar-refractivity contribution in [2.24, 2.45) is 0 Å². The van der Waals surface area contributed by atoms with Crippen molar-refractivity contribution in [1.82, 2.24) is 19.7 Å². The van der Waals surface area contributed by atoms with Gasteiger partial charge in [-0.25, -0.2) is 14.6 Å². The van der Waals surface area contributed by atoms with Crippen LogP contribution in [0.4, 0.5) is 11.5 Å². The van der Waals surface area contributed by atoms with E-state index in [1.54, 1.807) is 16.8 Å². The Morgan fingerprint density at radius 2 is 1.48 bits per heavy atom. The third kappa shape index (κ3) is 3.48. The second kappa shape index (κ2) is 6.83. The van der Waals surface area contributed by atoms with Gasteiger partial charge in [0, 0.05) is 11.4 Å². The lowest BCUT2D eigenvalue weighted by Gasteiger charge is -2.13. The maximum Gasteiger partial charge on any atom is 0.197 e. The summed E-state index contributed by atoms with van der Waals surface area (Å²) in [5, 5.41) is 8.79. The molecule has 0 aliphatic rings. The summed E-state index contributed by atoms with van der Waals surface area (Å²) in [4.78, 5) is 9.51. The fourth-order valence-corrected chi connectivity index (χ4v) is 3.21. The van der Waals surface area contributed by atoms with Crippen LogP contribution >= 0.6 is 23.2 Å². The summed E-state index contributed by atoms with van der Waals surface area (Å²) < 4.78 is 1.78. The zero-order valence-corrected chi connectivity index (χ0v) is 16.6. The van der Waals surface area contributed by atoms with E-state index < -0.39 is 0 Å². The van der Waals surface area contributed by atoms with Gasteiger partial charge in [0.1, 0.15) is 0 Å². The first-order valence-corrected chi connectivity index (χ1v) is 9.20. The first-order valence-electron chi connectivity index (χ1n) is 8.45. The highest BCUT2D eigenvalue weighted by atomic mass is 35.5. The molecule has 0 unspecified atom stereocenters. The summed E-state index contributed by atoms with van der Waals surface area (Å²) in [7, 11) is 0. The second-order valence-corrected chi connectivity index (χ2v) is 7.30. The SMILES string of the molecule is Cc1ccc(Nc2nc3cc(Cl)c(Cl)cc3nc2-n2nc(C)cc2C)cc1. The molecule has 1 N–H and O–H groups in total. The number of rotatable bonds is 3. The van der Waals surface area contributed by atoms with E-state index >= 15 is 0 Å². The lowest BCUT2D eigenvalue weighted by Crippen LogP contribution is -2.08. The summed E-state index contributed by atoms with van der Waals surface area (Å²) in [5.41, 5.74) is 5.28. The van der Waals surface area contributed by atoms with Crippen molar-refractivity contribution in [3.05, 3.63) is 69.5 Å². The van der Waals surface area contributed by atoms with E-state index in [2.05, 4.69) is 10.4 Å². The topological polar surface area (TPSA) is 55.6 Å². The molecule has 0 spiro atoms. The maximum absolute atomic E-state index is 6.17. The predicted octanol–water partition coefficient (Wildman–Crippen LogP) is 5.79. The highest BCUT2D eigenvalue weighted by Crippen LogP contribution is 2.30. The summed E-state index contributed by atoms with van der Waals surface area (Å²) >= 11 is 12.3. The predicted molar refractivity (Wildman–Crippen MR) is 111 cm³/mol. The fourth-order valence-electron chi connectivity index (χ4n) is 2.89. The van der Waals surface area contributed by atoms with Crippen LogP contribution in [0.25, 0.3) is 16.9 Å². The van der Waals surface area contributed by atoms with Crippen LogP contribution in [0, 0.1) is 20.8 Å². The quantitative estimate of drug-likeness (QED) is 0.475. The molecule has 136 valence electrons. The van der Waals surface area contributed by atoms with Crippen molar-refractivity contribution in [3.8, 4) is 5.82 Å². The molecule has 0 aliphatic heterocycles. The van der Waals surface area contributed by atoms with E-state index in [9.17, 15) is 0 Å². The lowest BCUT2D eigenvalue weighted by atomic mass is 10.2. The molecule has 7 heteroatoms. The minimum atomic E-state index is 0.442. The molecule has 4 aromatic rings. The van der Waals surface area contributed by atoms with E-state index in [0.717, 1.165) is 17.1 Å². The Morgan fingerprint density at radius 1 is 0.852 bits per heavy atom. The number of hydrogen-bond acceptors (Lipinski definition) is 4. The summed E-state index contributed by atoms with van der Waals surface area (Å²) in [5.74, 6) is 1.20. The van der Waals surface area contributed by atoms with Crippen LogP contribution in [0.15, 0.2) is 42.5 Å². The molecular formula is C20H17Cl2N5. The Kier molecular flexibility index (Phi) is 4.50. The average molecular weight is 398 g/mol. The fraction of sp³-hybridized carbons (Fsp3) is 0.150. The first-order chi connectivity index (χ1) is 12.9. The third-order valence-corrected chi connectivity index (χ3v) is 4.93. The highest BCUT2D eigenvalue weighted by molar-refractivity contribution is 6.42. The number of aryl methyl sites for hydroxylation is 3. The van der Waals surface area contributed by atoms with Gasteiger partial charge in [-0.15, -0.1) is 0 Å².